The Bertz CT molecular complexity index is 938. The molecule has 29 heavy (non-hydrogen) atoms. The second kappa shape index (κ2) is 9.49. The van der Waals surface area contributed by atoms with E-state index >= 15 is 0 Å². The molecule has 0 radical (unpaired) electrons. The fourth-order valence-electron chi connectivity index (χ4n) is 3.16. The highest BCUT2D eigenvalue weighted by molar-refractivity contribution is 7.81. The Hall–Kier alpha value is -2.96. The Morgan fingerprint density at radius 3 is 1.34 bits per heavy atom. The lowest BCUT2D eigenvalue weighted by molar-refractivity contribution is 1.31. The van der Waals surface area contributed by atoms with Gasteiger partial charge in [-0.25, -0.2) is 0 Å². The molecule has 148 valence electrons. The largest absolute Gasteiger partial charge is 0.332 e. The third-order valence-electron chi connectivity index (χ3n) is 4.51. The molecule has 3 aromatic carbocycles. The van der Waals surface area contributed by atoms with Crippen LogP contribution >= 0.6 is 24.4 Å². The maximum atomic E-state index is 5.51. The molecule has 0 heterocycles. The molecule has 0 saturated carbocycles. The predicted octanol–water partition coefficient (Wildman–Crippen LogP) is 6.23. The Labute approximate surface area is 182 Å². The van der Waals surface area contributed by atoms with Crippen molar-refractivity contribution >= 4 is 57.4 Å². The van der Waals surface area contributed by atoms with Crippen molar-refractivity contribution in [3.05, 3.63) is 83.4 Å². The number of benzene rings is 3. The first-order valence-corrected chi connectivity index (χ1v) is 10.1. The summed E-state index contributed by atoms with van der Waals surface area (Å²) < 4.78 is 0. The molecule has 0 aliphatic heterocycles. The van der Waals surface area contributed by atoms with Crippen LogP contribution in [0.4, 0.5) is 22.7 Å². The number of rotatable bonds is 4. The molecule has 0 aliphatic rings. The molecule has 0 amide bonds. The summed E-state index contributed by atoms with van der Waals surface area (Å²) in [6.07, 6.45) is 0. The van der Waals surface area contributed by atoms with Crippen molar-refractivity contribution in [1.82, 2.24) is 0 Å². The lowest BCUT2D eigenvalue weighted by atomic mass is 10.0. The molecular weight excluding hydrogens is 396 g/mol. The van der Waals surface area contributed by atoms with Gasteiger partial charge in [0.15, 0.2) is 10.2 Å². The molecule has 0 fully saturated rings. The Morgan fingerprint density at radius 2 is 0.966 bits per heavy atom. The van der Waals surface area contributed by atoms with Gasteiger partial charge in [-0.2, -0.15) is 0 Å². The Kier molecular flexibility index (Phi) is 6.80. The second-order valence-corrected chi connectivity index (χ2v) is 7.59. The van der Waals surface area contributed by atoms with E-state index in [0.29, 0.717) is 10.2 Å². The molecule has 3 aromatic rings. The summed E-state index contributed by atoms with van der Waals surface area (Å²) in [7, 11) is 0. The van der Waals surface area contributed by atoms with Gasteiger partial charge in [0.2, 0.25) is 0 Å². The number of anilines is 4. The number of nitrogens with one attached hydrogen (secondary N) is 4. The SMILES string of the molecule is Cc1cc(C)c(NC(=S)Nc2ccccc2)c(C)c1NC(=S)Nc1ccccc1. The zero-order valence-corrected chi connectivity index (χ0v) is 18.3. The van der Waals surface area contributed by atoms with Gasteiger partial charge in [0.1, 0.15) is 0 Å². The van der Waals surface area contributed by atoms with E-state index in [4.69, 9.17) is 24.4 Å². The van der Waals surface area contributed by atoms with E-state index in [-0.39, 0.29) is 0 Å². The van der Waals surface area contributed by atoms with Gasteiger partial charge in [0.25, 0.3) is 0 Å². The van der Waals surface area contributed by atoms with Crippen LogP contribution < -0.4 is 21.3 Å². The molecule has 3 rings (SSSR count). The summed E-state index contributed by atoms with van der Waals surface area (Å²) in [5, 5.41) is 14.2. The van der Waals surface area contributed by atoms with Crippen LogP contribution in [-0.4, -0.2) is 10.2 Å². The molecule has 0 saturated heterocycles. The number of aryl methyl sites for hydroxylation is 2. The van der Waals surface area contributed by atoms with Crippen molar-refractivity contribution in [2.75, 3.05) is 21.3 Å². The van der Waals surface area contributed by atoms with E-state index in [1.54, 1.807) is 0 Å². The highest BCUT2D eigenvalue weighted by Crippen LogP contribution is 2.31. The van der Waals surface area contributed by atoms with E-state index in [9.17, 15) is 0 Å². The van der Waals surface area contributed by atoms with Crippen LogP contribution in [0, 0.1) is 20.8 Å². The zero-order chi connectivity index (χ0) is 20.8. The van der Waals surface area contributed by atoms with Crippen molar-refractivity contribution < 1.29 is 0 Å². The monoisotopic (exact) mass is 420 g/mol. The number of hydrogen-bond donors (Lipinski definition) is 4. The minimum atomic E-state index is 0.544. The maximum Gasteiger partial charge on any atom is 0.175 e. The van der Waals surface area contributed by atoms with Gasteiger partial charge < -0.3 is 21.3 Å². The maximum absolute atomic E-state index is 5.51. The van der Waals surface area contributed by atoms with Crippen molar-refractivity contribution in [1.29, 1.82) is 0 Å². The van der Waals surface area contributed by atoms with Crippen LogP contribution in [0.3, 0.4) is 0 Å². The predicted molar refractivity (Wildman–Crippen MR) is 133 cm³/mol. The third-order valence-corrected chi connectivity index (χ3v) is 4.92. The first-order valence-electron chi connectivity index (χ1n) is 9.31. The molecule has 0 bridgehead atoms. The van der Waals surface area contributed by atoms with Crippen LogP contribution in [0.1, 0.15) is 16.7 Å². The Balaban J connectivity index is 1.77. The summed E-state index contributed by atoms with van der Waals surface area (Å²) in [5.74, 6) is 0. The number of para-hydroxylation sites is 2. The summed E-state index contributed by atoms with van der Waals surface area (Å²) in [5.41, 5.74) is 7.10. The summed E-state index contributed by atoms with van der Waals surface area (Å²) in [6, 6.07) is 21.8. The van der Waals surface area contributed by atoms with Crippen LogP contribution in [-0.2, 0) is 0 Å². The second-order valence-electron chi connectivity index (χ2n) is 6.78. The minimum absolute atomic E-state index is 0.544. The molecule has 6 heteroatoms. The summed E-state index contributed by atoms with van der Waals surface area (Å²) in [4.78, 5) is 0. The van der Waals surface area contributed by atoms with E-state index in [1.165, 1.54) is 0 Å². The van der Waals surface area contributed by atoms with E-state index in [2.05, 4.69) is 48.1 Å². The topological polar surface area (TPSA) is 48.1 Å². The molecular formula is C23H24N4S2. The lowest BCUT2D eigenvalue weighted by Gasteiger charge is -2.21. The molecule has 4 nitrogen and oxygen atoms in total. The summed E-state index contributed by atoms with van der Waals surface area (Å²) in [6.45, 7) is 6.19. The number of hydrogen-bond acceptors (Lipinski definition) is 2. The molecule has 0 spiro atoms. The van der Waals surface area contributed by atoms with Gasteiger partial charge in [-0.15, -0.1) is 0 Å². The highest BCUT2D eigenvalue weighted by Gasteiger charge is 2.13. The lowest BCUT2D eigenvalue weighted by Crippen LogP contribution is -2.23. The molecule has 0 atom stereocenters. The van der Waals surface area contributed by atoms with Gasteiger partial charge in [0.05, 0.1) is 0 Å². The smallest absolute Gasteiger partial charge is 0.175 e. The molecule has 0 aromatic heterocycles. The first-order chi connectivity index (χ1) is 13.9. The quantitative estimate of drug-likeness (QED) is 0.375. The van der Waals surface area contributed by atoms with E-state index < -0.39 is 0 Å². The van der Waals surface area contributed by atoms with Gasteiger partial charge in [-0.1, -0.05) is 42.5 Å². The van der Waals surface area contributed by atoms with Gasteiger partial charge in [-0.3, -0.25) is 0 Å². The van der Waals surface area contributed by atoms with Crippen LogP contribution in [0.15, 0.2) is 66.7 Å². The standard InChI is InChI=1S/C23H24N4S2/c1-15-14-16(2)21(27-23(29)25-19-12-8-5-9-13-19)17(3)20(15)26-22(28)24-18-10-6-4-7-11-18/h4-14H,1-3H3,(H2,24,26,28)(H2,25,27,29). The molecule has 0 unspecified atom stereocenters. The van der Waals surface area contributed by atoms with Gasteiger partial charge in [-0.05, 0) is 86.2 Å². The third kappa shape index (κ3) is 5.53. The van der Waals surface area contributed by atoms with Crippen molar-refractivity contribution in [3.63, 3.8) is 0 Å². The molecule has 0 aliphatic carbocycles. The van der Waals surface area contributed by atoms with E-state index in [1.807, 2.05) is 60.7 Å². The van der Waals surface area contributed by atoms with Crippen molar-refractivity contribution in [2.24, 2.45) is 0 Å². The fraction of sp³-hybridized carbons (Fsp3) is 0.130. The average Bonchev–Trinajstić information content (AvgIpc) is 2.70. The Morgan fingerprint density at radius 1 is 0.586 bits per heavy atom. The fourth-order valence-corrected chi connectivity index (χ4v) is 3.60. The van der Waals surface area contributed by atoms with Crippen molar-refractivity contribution in [3.8, 4) is 0 Å². The average molecular weight is 421 g/mol. The minimum Gasteiger partial charge on any atom is -0.332 e. The van der Waals surface area contributed by atoms with E-state index in [0.717, 1.165) is 39.4 Å². The molecule has 4 N–H and O–H groups in total. The van der Waals surface area contributed by atoms with Crippen LogP contribution in [0.2, 0.25) is 0 Å². The highest BCUT2D eigenvalue weighted by atomic mass is 32.1. The van der Waals surface area contributed by atoms with Gasteiger partial charge in [0, 0.05) is 22.7 Å². The number of thiocarbonyl (C=S) groups is 2. The van der Waals surface area contributed by atoms with Crippen LogP contribution in [0.25, 0.3) is 0 Å². The zero-order valence-electron chi connectivity index (χ0n) is 16.7. The van der Waals surface area contributed by atoms with Crippen molar-refractivity contribution in [2.45, 2.75) is 20.8 Å². The van der Waals surface area contributed by atoms with Crippen LogP contribution in [0.5, 0.6) is 0 Å². The first kappa shape index (κ1) is 20.8. The normalized spacial score (nSPS) is 10.2. The summed E-state index contributed by atoms with van der Waals surface area (Å²) >= 11 is 11.0. The van der Waals surface area contributed by atoms with Gasteiger partial charge >= 0.3 is 0 Å².